The molecule has 4 aromatic rings. The Morgan fingerprint density at radius 1 is 1.16 bits per heavy atom. The Balaban J connectivity index is 1.28. The molecule has 2 fully saturated rings. The molecule has 0 aliphatic carbocycles. The summed E-state index contributed by atoms with van der Waals surface area (Å²) in [5.41, 5.74) is 10.3. The van der Waals surface area contributed by atoms with Gasteiger partial charge < -0.3 is 34.9 Å². The lowest BCUT2D eigenvalue weighted by molar-refractivity contribution is 0.166. The van der Waals surface area contributed by atoms with Crippen molar-refractivity contribution < 1.29 is 14.6 Å². The second-order valence-corrected chi connectivity index (χ2v) is 9.49. The Hall–Kier alpha value is -4.00. The third-order valence-corrected chi connectivity index (χ3v) is 6.89. The number of aromatic nitrogens is 5. The van der Waals surface area contributed by atoms with Crippen LogP contribution in [0.25, 0.3) is 17.0 Å². The minimum absolute atomic E-state index is 0.0687. The number of aryl methyl sites for hydroxylation is 1. The van der Waals surface area contributed by atoms with E-state index in [9.17, 15) is 5.11 Å². The summed E-state index contributed by atoms with van der Waals surface area (Å²) in [6.45, 7) is 7.64. The molecule has 0 radical (unpaired) electrons. The topological polar surface area (TPSA) is 142 Å². The van der Waals surface area contributed by atoms with Crippen LogP contribution in [0.3, 0.4) is 0 Å². The first-order chi connectivity index (χ1) is 18.5. The third-order valence-electron chi connectivity index (χ3n) is 6.89. The van der Waals surface area contributed by atoms with Crippen molar-refractivity contribution in [3.63, 3.8) is 0 Å². The monoisotopic (exact) mass is 517 g/mol. The summed E-state index contributed by atoms with van der Waals surface area (Å²) in [5.74, 6) is 1.62. The van der Waals surface area contributed by atoms with Crippen LogP contribution in [0.15, 0.2) is 43.0 Å². The Labute approximate surface area is 220 Å². The summed E-state index contributed by atoms with van der Waals surface area (Å²) in [6, 6.07) is 5.97. The molecule has 38 heavy (non-hydrogen) atoms. The lowest BCUT2D eigenvalue weighted by Crippen LogP contribution is -2.48. The third kappa shape index (κ3) is 4.80. The second-order valence-electron chi connectivity index (χ2n) is 9.49. The smallest absolute Gasteiger partial charge is 0.180 e. The van der Waals surface area contributed by atoms with Gasteiger partial charge in [0.05, 0.1) is 30.3 Å². The first-order valence-electron chi connectivity index (χ1n) is 12.7. The van der Waals surface area contributed by atoms with Crippen LogP contribution in [0.2, 0.25) is 0 Å². The fraction of sp³-hybridized carbons (Fsp3) is 0.385. The zero-order chi connectivity index (χ0) is 26.2. The minimum atomic E-state index is -0.0687. The molecule has 2 saturated heterocycles. The number of piperazine rings is 1. The fourth-order valence-electron chi connectivity index (χ4n) is 4.76. The number of benzene rings is 1. The molecule has 12 heteroatoms. The SMILES string of the molecule is Cc1ncc(-c2cn3ccnc3c(Nc3ccc(N4CCN(C5OC5C)CC4)c(OCCO)c3)n2)nc1N. The van der Waals surface area contributed by atoms with Crippen molar-refractivity contribution in [1.82, 2.24) is 29.2 Å². The van der Waals surface area contributed by atoms with Gasteiger partial charge in [-0.15, -0.1) is 0 Å². The first-order valence-corrected chi connectivity index (χ1v) is 12.7. The summed E-state index contributed by atoms with van der Waals surface area (Å²) < 4.78 is 13.5. The molecule has 198 valence electrons. The number of anilines is 4. The normalized spacial score (nSPS) is 19.6. The Morgan fingerprint density at radius 3 is 2.71 bits per heavy atom. The molecule has 1 aromatic carbocycles. The molecule has 0 spiro atoms. The van der Waals surface area contributed by atoms with E-state index in [0.29, 0.717) is 46.2 Å². The zero-order valence-electron chi connectivity index (χ0n) is 21.4. The minimum Gasteiger partial charge on any atom is -0.489 e. The number of aliphatic hydroxyl groups excluding tert-OH is 1. The fourth-order valence-corrected chi connectivity index (χ4v) is 4.76. The lowest BCUT2D eigenvalue weighted by atomic mass is 10.2. The number of rotatable bonds is 8. The molecule has 4 N–H and O–H groups in total. The van der Waals surface area contributed by atoms with E-state index in [1.807, 2.05) is 41.9 Å². The molecule has 0 amide bonds. The number of ether oxygens (including phenoxy) is 2. The van der Waals surface area contributed by atoms with E-state index in [1.165, 1.54) is 0 Å². The highest BCUT2D eigenvalue weighted by atomic mass is 16.6. The highest BCUT2D eigenvalue weighted by Gasteiger charge is 2.40. The van der Waals surface area contributed by atoms with Gasteiger partial charge in [0, 0.05) is 56.5 Å². The van der Waals surface area contributed by atoms with E-state index in [4.69, 9.17) is 20.2 Å². The number of imidazole rings is 1. The largest absolute Gasteiger partial charge is 0.489 e. The van der Waals surface area contributed by atoms with Crippen LogP contribution in [-0.2, 0) is 4.74 Å². The van der Waals surface area contributed by atoms with Crippen LogP contribution in [0.5, 0.6) is 5.75 Å². The molecule has 2 aliphatic heterocycles. The first kappa shape index (κ1) is 24.3. The van der Waals surface area contributed by atoms with Crippen molar-refractivity contribution in [2.75, 3.05) is 55.3 Å². The molecule has 6 rings (SSSR count). The summed E-state index contributed by atoms with van der Waals surface area (Å²) in [4.78, 5) is 22.7. The van der Waals surface area contributed by atoms with Crippen molar-refractivity contribution in [3.8, 4) is 17.1 Å². The van der Waals surface area contributed by atoms with Crippen molar-refractivity contribution in [2.45, 2.75) is 26.2 Å². The quantitative estimate of drug-likeness (QED) is 0.296. The van der Waals surface area contributed by atoms with Crippen LogP contribution in [-0.4, -0.2) is 86.1 Å². The van der Waals surface area contributed by atoms with E-state index in [0.717, 1.165) is 37.6 Å². The van der Waals surface area contributed by atoms with Crippen molar-refractivity contribution >= 4 is 28.7 Å². The molecule has 2 unspecified atom stereocenters. The Morgan fingerprint density at radius 2 is 1.97 bits per heavy atom. The number of epoxide rings is 1. The van der Waals surface area contributed by atoms with Gasteiger partial charge in [0.2, 0.25) is 0 Å². The second kappa shape index (κ2) is 10.0. The molecule has 5 heterocycles. The summed E-state index contributed by atoms with van der Waals surface area (Å²) in [5, 5.41) is 12.8. The average molecular weight is 518 g/mol. The highest BCUT2D eigenvalue weighted by molar-refractivity contribution is 5.75. The number of nitrogens with zero attached hydrogens (tertiary/aromatic N) is 7. The number of nitrogen functional groups attached to an aromatic ring is 1. The molecule has 12 nitrogen and oxygen atoms in total. The number of hydrogen-bond acceptors (Lipinski definition) is 11. The molecule has 2 aliphatic rings. The molecule has 3 aromatic heterocycles. The van der Waals surface area contributed by atoms with E-state index < -0.39 is 0 Å². The van der Waals surface area contributed by atoms with Gasteiger partial charge in [0.1, 0.15) is 35.8 Å². The van der Waals surface area contributed by atoms with E-state index in [-0.39, 0.29) is 19.4 Å². The number of aliphatic hydroxyl groups is 1. The number of nitrogens with two attached hydrogens (primary N) is 1. The van der Waals surface area contributed by atoms with Gasteiger partial charge in [-0.05, 0) is 26.0 Å². The maximum Gasteiger partial charge on any atom is 0.180 e. The van der Waals surface area contributed by atoms with Gasteiger partial charge in [-0.2, -0.15) is 0 Å². The van der Waals surface area contributed by atoms with Crippen LogP contribution in [0, 0.1) is 6.92 Å². The van der Waals surface area contributed by atoms with E-state index >= 15 is 0 Å². The van der Waals surface area contributed by atoms with E-state index in [1.54, 1.807) is 12.4 Å². The zero-order valence-corrected chi connectivity index (χ0v) is 21.4. The van der Waals surface area contributed by atoms with Crippen molar-refractivity contribution in [2.24, 2.45) is 0 Å². The Kier molecular flexibility index (Phi) is 6.44. The van der Waals surface area contributed by atoms with Crippen molar-refractivity contribution in [3.05, 3.63) is 48.7 Å². The standard InChI is InChI=1S/C26H31N9O3/c1-16-23(27)31-19(14-29-16)20-15-35-6-5-28-25(35)24(32-20)30-18-3-4-21(22(13-18)37-12-11-36)33-7-9-34(10-8-33)26-17(2)38-26/h3-6,13-15,17,26,36H,7-12H2,1-2H3,(H2,27,31)(H,30,32). The van der Waals surface area contributed by atoms with Crippen molar-refractivity contribution in [1.29, 1.82) is 0 Å². The van der Waals surface area contributed by atoms with Crippen LogP contribution < -0.4 is 20.7 Å². The maximum atomic E-state index is 9.42. The van der Waals surface area contributed by atoms with Gasteiger partial charge >= 0.3 is 0 Å². The number of hydrogen-bond donors (Lipinski definition) is 3. The molecule has 0 bridgehead atoms. The predicted octanol–water partition coefficient (Wildman–Crippen LogP) is 2.06. The maximum absolute atomic E-state index is 9.42. The van der Waals surface area contributed by atoms with Gasteiger partial charge in [-0.1, -0.05) is 0 Å². The van der Waals surface area contributed by atoms with Crippen LogP contribution >= 0.6 is 0 Å². The van der Waals surface area contributed by atoms with Gasteiger partial charge in [0.25, 0.3) is 0 Å². The molecular weight excluding hydrogens is 486 g/mol. The summed E-state index contributed by atoms with van der Waals surface area (Å²) in [6.07, 6.45) is 7.64. The predicted molar refractivity (Wildman–Crippen MR) is 144 cm³/mol. The lowest BCUT2D eigenvalue weighted by Gasteiger charge is -2.36. The van der Waals surface area contributed by atoms with Gasteiger partial charge in [-0.3, -0.25) is 9.88 Å². The number of nitrogens with one attached hydrogen (secondary N) is 1. The van der Waals surface area contributed by atoms with Crippen LogP contribution in [0.1, 0.15) is 12.6 Å². The Bertz CT molecular complexity index is 1450. The van der Waals surface area contributed by atoms with Gasteiger partial charge in [0.15, 0.2) is 11.5 Å². The van der Waals surface area contributed by atoms with Crippen LogP contribution in [0.4, 0.5) is 23.0 Å². The average Bonchev–Trinajstić information content (AvgIpc) is 3.46. The highest BCUT2D eigenvalue weighted by Crippen LogP contribution is 2.35. The summed E-state index contributed by atoms with van der Waals surface area (Å²) >= 11 is 0. The molecule has 2 atom stereocenters. The van der Waals surface area contributed by atoms with E-state index in [2.05, 4.69) is 37.0 Å². The molecular formula is C26H31N9O3. The van der Waals surface area contributed by atoms with Gasteiger partial charge in [-0.25, -0.2) is 15.0 Å². The molecule has 0 saturated carbocycles. The number of fused-ring (bicyclic) bond motifs is 1. The summed E-state index contributed by atoms with van der Waals surface area (Å²) in [7, 11) is 0.